The Morgan fingerprint density at radius 3 is 2.18 bits per heavy atom. The summed E-state index contributed by atoms with van der Waals surface area (Å²) in [4.78, 5) is 27.7. The summed E-state index contributed by atoms with van der Waals surface area (Å²) >= 11 is 3.33. The van der Waals surface area contributed by atoms with E-state index >= 15 is 0 Å². The smallest absolute Gasteiger partial charge is 0.244 e. The van der Waals surface area contributed by atoms with Gasteiger partial charge in [0, 0.05) is 17.1 Å². The summed E-state index contributed by atoms with van der Waals surface area (Å²) < 4.78 is 26.9. The van der Waals surface area contributed by atoms with Crippen molar-refractivity contribution in [2.24, 2.45) is 0 Å². The molecule has 0 radical (unpaired) electrons. The normalized spacial score (nSPS) is 13.1. The van der Waals surface area contributed by atoms with Crippen molar-refractivity contribution in [3.8, 4) is 0 Å². The number of hydrogen-bond donors (Lipinski definition) is 1. The molecule has 180 valence electrons. The fraction of sp³-hybridized carbons (Fsp3) is 0.417. The maximum atomic E-state index is 13.4. The average molecular weight is 539 g/mol. The summed E-state index contributed by atoms with van der Waals surface area (Å²) in [7, 11) is -3.73. The Balaban J connectivity index is 2.29. The van der Waals surface area contributed by atoms with E-state index in [1.54, 1.807) is 31.2 Å². The third kappa shape index (κ3) is 8.16. The van der Waals surface area contributed by atoms with Crippen LogP contribution >= 0.6 is 15.9 Å². The van der Waals surface area contributed by atoms with Crippen LogP contribution in [0.2, 0.25) is 0 Å². The fourth-order valence-electron chi connectivity index (χ4n) is 3.26. The number of nitrogens with zero attached hydrogens (tertiary/aromatic N) is 2. The molecule has 0 aliphatic heterocycles. The third-order valence-corrected chi connectivity index (χ3v) is 7.12. The van der Waals surface area contributed by atoms with E-state index < -0.39 is 28.5 Å². The van der Waals surface area contributed by atoms with E-state index in [-0.39, 0.29) is 18.5 Å². The Morgan fingerprint density at radius 2 is 1.64 bits per heavy atom. The monoisotopic (exact) mass is 537 g/mol. The number of halogens is 1. The minimum Gasteiger partial charge on any atom is -0.352 e. The van der Waals surface area contributed by atoms with E-state index in [4.69, 9.17) is 0 Å². The van der Waals surface area contributed by atoms with E-state index in [2.05, 4.69) is 21.2 Å². The Hall–Kier alpha value is -2.39. The summed E-state index contributed by atoms with van der Waals surface area (Å²) in [5.41, 5.74) is 1.41. The van der Waals surface area contributed by atoms with Crippen molar-refractivity contribution in [3.63, 3.8) is 0 Å². The number of carbonyl (C=O) groups is 2. The minimum absolute atomic E-state index is 0.0266. The van der Waals surface area contributed by atoms with Gasteiger partial charge in [-0.25, -0.2) is 8.42 Å². The van der Waals surface area contributed by atoms with Crippen molar-refractivity contribution in [2.45, 2.75) is 45.7 Å². The zero-order valence-electron chi connectivity index (χ0n) is 19.5. The van der Waals surface area contributed by atoms with Gasteiger partial charge in [-0.2, -0.15) is 0 Å². The van der Waals surface area contributed by atoms with E-state index in [9.17, 15) is 18.0 Å². The minimum atomic E-state index is -3.73. The first-order valence-electron chi connectivity index (χ1n) is 10.9. The van der Waals surface area contributed by atoms with E-state index in [0.29, 0.717) is 12.1 Å². The second kappa shape index (κ2) is 12.2. The lowest BCUT2D eigenvalue weighted by Crippen LogP contribution is -2.53. The number of amides is 2. The van der Waals surface area contributed by atoms with Crippen LogP contribution in [0.4, 0.5) is 5.69 Å². The van der Waals surface area contributed by atoms with E-state index in [1.807, 2.05) is 44.2 Å². The van der Waals surface area contributed by atoms with Crippen molar-refractivity contribution >= 4 is 43.5 Å². The van der Waals surface area contributed by atoms with Crippen molar-refractivity contribution in [2.75, 3.05) is 23.7 Å². The number of rotatable bonds is 11. The molecule has 2 aromatic rings. The van der Waals surface area contributed by atoms with Crippen LogP contribution in [-0.2, 0) is 26.0 Å². The first kappa shape index (κ1) is 26.9. The van der Waals surface area contributed by atoms with Gasteiger partial charge >= 0.3 is 0 Å². The quantitative estimate of drug-likeness (QED) is 0.474. The number of sulfonamides is 1. The highest BCUT2D eigenvalue weighted by Crippen LogP contribution is 2.21. The Kier molecular flexibility index (Phi) is 9.91. The molecule has 2 amide bonds. The molecule has 2 atom stereocenters. The lowest BCUT2D eigenvalue weighted by Gasteiger charge is -2.32. The number of carbonyl (C=O) groups excluding carboxylic acids is 2. The zero-order chi connectivity index (χ0) is 24.6. The summed E-state index contributed by atoms with van der Waals surface area (Å²) in [5, 5.41) is 2.91. The standard InChI is InChI=1S/C24H32BrN3O4S/c1-5-18(2)26-24(30)19(3)27(16-15-20-9-7-6-8-10-20)23(29)17-28(33(4,31)32)22-13-11-21(25)12-14-22/h6-14,18-19H,5,15-17H2,1-4H3,(H,26,30)/t18-,19+/m1/s1. The lowest BCUT2D eigenvalue weighted by molar-refractivity contribution is -0.139. The van der Waals surface area contributed by atoms with Gasteiger partial charge in [0.1, 0.15) is 12.6 Å². The molecule has 0 spiro atoms. The predicted molar refractivity (Wildman–Crippen MR) is 136 cm³/mol. The molecule has 0 aromatic heterocycles. The molecule has 0 saturated carbocycles. The maximum Gasteiger partial charge on any atom is 0.244 e. The molecule has 7 nitrogen and oxygen atoms in total. The molecule has 0 bridgehead atoms. The molecular formula is C24H32BrN3O4S. The predicted octanol–water partition coefficient (Wildman–Crippen LogP) is 3.59. The topological polar surface area (TPSA) is 86.8 Å². The van der Waals surface area contributed by atoms with Gasteiger partial charge in [-0.1, -0.05) is 53.2 Å². The largest absolute Gasteiger partial charge is 0.352 e. The molecule has 2 rings (SSSR count). The molecule has 0 heterocycles. The van der Waals surface area contributed by atoms with Gasteiger partial charge in [-0.05, 0) is 56.5 Å². The van der Waals surface area contributed by atoms with Gasteiger partial charge < -0.3 is 10.2 Å². The number of nitrogens with one attached hydrogen (secondary N) is 1. The van der Waals surface area contributed by atoms with Crippen molar-refractivity contribution in [1.29, 1.82) is 0 Å². The van der Waals surface area contributed by atoms with Crippen LogP contribution in [0.5, 0.6) is 0 Å². The SMILES string of the molecule is CC[C@@H](C)NC(=O)[C@H](C)N(CCc1ccccc1)C(=O)CN(c1ccc(Br)cc1)S(C)(=O)=O. The van der Waals surface area contributed by atoms with Crippen LogP contribution in [0.25, 0.3) is 0 Å². The van der Waals surface area contributed by atoms with Crippen molar-refractivity contribution in [3.05, 3.63) is 64.6 Å². The summed E-state index contributed by atoms with van der Waals surface area (Å²) in [6.45, 7) is 5.44. The fourth-order valence-corrected chi connectivity index (χ4v) is 4.37. The molecule has 1 N–H and O–H groups in total. The van der Waals surface area contributed by atoms with Gasteiger partial charge in [-0.3, -0.25) is 13.9 Å². The van der Waals surface area contributed by atoms with Crippen LogP contribution in [-0.4, -0.2) is 56.6 Å². The molecule has 33 heavy (non-hydrogen) atoms. The van der Waals surface area contributed by atoms with Gasteiger partial charge in [0.05, 0.1) is 11.9 Å². The average Bonchev–Trinajstić information content (AvgIpc) is 2.78. The van der Waals surface area contributed by atoms with Crippen LogP contribution in [0.15, 0.2) is 59.1 Å². The summed E-state index contributed by atoms with van der Waals surface area (Å²) in [6, 6.07) is 15.6. The Morgan fingerprint density at radius 1 is 1.03 bits per heavy atom. The highest BCUT2D eigenvalue weighted by atomic mass is 79.9. The molecule has 0 fully saturated rings. The van der Waals surface area contributed by atoms with E-state index in [1.165, 1.54) is 4.90 Å². The molecule has 0 unspecified atom stereocenters. The first-order chi connectivity index (χ1) is 15.5. The van der Waals surface area contributed by atoms with Gasteiger partial charge in [0.15, 0.2) is 0 Å². The molecular weight excluding hydrogens is 506 g/mol. The van der Waals surface area contributed by atoms with Gasteiger partial charge in [-0.15, -0.1) is 0 Å². The number of anilines is 1. The number of hydrogen-bond acceptors (Lipinski definition) is 4. The van der Waals surface area contributed by atoms with Crippen LogP contribution in [0, 0.1) is 0 Å². The second-order valence-corrected chi connectivity index (χ2v) is 10.9. The Bertz CT molecular complexity index is 1030. The third-order valence-electron chi connectivity index (χ3n) is 5.45. The number of benzene rings is 2. The molecule has 9 heteroatoms. The summed E-state index contributed by atoms with van der Waals surface area (Å²) in [6.07, 6.45) is 2.38. The molecule has 2 aromatic carbocycles. The highest BCUT2D eigenvalue weighted by Gasteiger charge is 2.30. The van der Waals surface area contributed by atoms with Crippen molar-refractivity contribution in [1.82, 2.24) is 10.2 Å². The zero-order valence-corrected chi connectivity index (χ0v) is 21.9. The van der Waals surface area contributed by atoms with E-state index in [0.717, 1.165) is 27.0 Å². The molecule has 0 aliphatic rings. The molecule has 0 aliphatic carbocycles. The highest BCUT2D eigenvalue weighted by molar-refractivity contribution is 9.10. The van der Waals surface area contributed by atoms with Gasteiger partial charge in [0.25, 0.3) is 0 Å². The van der Waals surface area contributed by atoms with Crippen LogP contribution in [0.3, 0.4) is 0 Å². The summed E-state index contributed by atoms with van der Waals surface area (Å²) in [5.74, 6) is -0.702. The maximum absolute atomic E-state index is 13.4. The van der Waals surface area contributed by atoms with Gasteiger partial charge in [0.2, 0.25) is 21.8 Å². The van der Waals surface area contributed by atoms with Crippen LogP contribution in [0.1, 0.15) is 32.8 Å². The van der Waals surface area contributed by atoms with Crippen LogP contribution < -0.4 is 9.62 Å². The Labute approximate surface area is 205 Å². The lowest BCUT2D eigenvalue weighted by atomic mass is 10.1. The second-order valence-electron chi connectivity index (χ2n) is 8.06. The molecule has 0 saturated heterocycles. The first-order valence-corrected chi connectivity index (χ1v) is 13.5. The van der Waals surface area contributed by atoms with Crippen molar-refractivity contribution < 1.29 is 18.0 Å².